The number of ether oxygens (including phenoxy) is 1. The van der Waals surface area contributed by atoms with Crippen LogP contribution in [-0.4, -0.2) is 24.2 Å². The van der Waals surface area contributed by atoms with Crippen molar-refractivity contribution >= 4 is 58.1 Å². The predicted octanol–water partition coefficient (Wildman–Crippen LogP) is 5.47. The molecule has 0 N–H and O–H groups in total. The second kappa shape index (κ2) is 7.59. The van der Waals surface area contributed by atoms with Gasteiger partial charge >= 0.3 is 0 Å². The van der Waals surface area contributed by atoms with Crippen molar-refractivity contribution in [2.24, 2.45) is 35.5 Å². The molecule has 0 spiro atoms. The first-order chi connectivity index (χ1) is 15.9. The van der Waals surface area contributed by atoms with Gasteiger partial charge in [0.2, 0.25) is 17.6 Å². The van der Waals surface area contributed by atoms with Gasteiger partial charge in [-0.3, -0.25) is 19.3 Å². The molecular formula is C25H18Cl3NO4. The number of Topliss-reactive ketones (excluding diaryl/α,β-unsaturated/α-hetero) is 1. The molecule has 2 bridgehead atoms. The van der Waals surface area contributed by atoms with Crippen LogP contribution in [0.1, 0.15) is 16.8 Å². The van der Waals surface area contributed by atoms with E-state index in [0.717, 1.165) is 6.42 Å². The van der Waals surface area contributed by atoms with Gasteiger partial charge < -0.3 is 4.74 Å². The molecular weight excluding hydrogens is 485 g/mol. The number of halogens is 3. The van der Waals surface area contributed by atoms with Crippen LogP contribution in [0, 0.1) is 35.5 Å². The summed E-state index contributed by atoms with van der Waals surface area (Å²) in [5.74, 6) is 0.912. The second-order valence-corrected chi connectivity index (χ2v) is 10.3. The number of benzene rings is 2. The Labute approximate surface area is 205 Å². The number of carbonyl (C=O) groups excluding carboxylic acids is 3. The van der Waals surface area contributed by atoms with Crippen LogP contribution < -0.4 is 9.64 Å². The molecule has 6 atom stereocenters. The Morgan fingerprint density at radius 3 is 2.09 bits per heavy atom. The molecule has 168 valence electrons. The van der Waals surface area contributed by atoms with Crippen molar-refractivity contribution in [3.63, 3.8) is 0 Å². The maximum atomic E-state index is 13.2. The average molecular weight is 503 g/mol. The van der Waals surface area contributed by atoms with Crippen LogP contribution in [0.4, 0.5) is 5.69 Å². The summed E-state index contributed by atoms with van der Waals surface area (Å²) in [4.78, 5) is 40.2. The SMILES string of the molecule is O=C(COc1ccc(N2C(=O)[C@@H]3[C@H](C2=O)C2C=C[C@H]3C3C[C@@H]23)cc1)c1ccc(Cl)c(Cl)c1Cl. The number of carbonyl (C=O) groups is 3. The summed E-state index contributed by atoms with van der Waals surface area (Å²) in [6.45, 7) is -0.249. The zero-order valence-electron chi connectivity index (χ0n) is 17.2. The fraction of sp³-hybridized carbons (Fsp3) is 0.320. The molecule has 2 unspecified atom stereocenters. The van der Waals surface area contributed by atoms with E-state index in [-0.39, 0.29) is 68.5 Å². The Hall–Kier alpha value is -2.34. The molecule has 0 aromatic heterocycles. The molecule has 8 heteroatoms. The lowest BCUT2D eigenvalue weighted by Gasteiger charge is -2.37. The van der Waals surface area contributed by atoms with Crippen molar-refractivity contribution in [3.05, 3.63) is 69.2 Å². The number of rotatable bonds is 5. The van der Waals surface area contributed by atoms with Crippen molar-refractivity contribution in [1.29, 1.82) is 0 Å². The molecule has 2 amide bonds. The van der Waals surface area contributed by atoms with E-state index in [1.54, 1.807) is 24.3 Å². The number of anilines is 1. The minimum Gasteiger partial charge on any atom is -0.485 e. The molecule has 5 aliphatic rings. The molecule has 2 saturated carbocycles. The van der Waals surface area contributed by atoms with Gasteiger partial charge in [-0.15, -0.1) is 0 Å². The van der Waals surface area contributed by atoms with Crippen LogP contribution in [0.15, 0.2) is 48.6 Å². The van der Waals surface area contributed by atoms with Gasteiger partial charge in [-0.05, 0) is 66.5 Å². The molecule has 3 fully saturated rings. The first-order valence-electron chi connectivity index (χ1n) is 10.8. The van der Waals surface area contributed by atoms with E-state index in [2.05, 4.69) is 12.2 Å². The van der Waals surface area contributed by atoms with E-state index in [0.29, 0.717) is 23.3 Å². The molecule has 7 rings (SSSR count). The number of imide groups is 1. The van der Waals surface area contributed by atoms with Crippen molar-refractivity contribution < 1.29 is 19.1 Å². The van der Waals surface area contributed by atoms with E-state index in [4.69, 9.17) is 39.5 Å². The Morgan fingerprint density at radius 2 is 1.48 bits per heavy atom. The molecule has 0 radical (unpaired) electrons. The number of allylic oxidation sites excluding steroid dienone is 2. The molecule has 1 heterocycles. The molecule has 2 aromatic rings. The number of ketones is 1. The normalized spacial score (nSPS) is 30.9. The van der Waals surface area contributed by atoms with Crippen LogP contribution in [0.3, 0.4) is 0 Å². The van der Waals surface area contributed by atoms with Crippen LogP contribution in [-0.2, 0) is 9.59 Å². The first kappa shape index (κ1) is 21.2. The van der Waals surface area contributed by atoms with E-state index in [9.17, 15) is 14.4 Å². The fourth-order valence-electron chi connectivity index (χ4n) is 5.87. The Balaban J connectivity index is 1.16. The summed E-state index contributed by atoms with van der Waals surface area (Å²) in [7, 11) is 0. The molecule has 4 aliphatic carbocycles. The van der Waals surface area contributed by atoms with Gasteiger partial charge in [0.25, 0.3) is 0 Å². The van der Waals surface area contributed by atoms with Gasteiger partial charge in [-0.2, -0.15) is 0 Å². The van der Waals surface area contributed by atoms with Crippen molar-refractivity contribution in [1.82, 2.24) is 0 Å². The number of hydrogen-bond donors (Lipinski definition) is 0. The smallest absolute Gasteiger partial charge is 0.238 e. The van der Waals surface area contributed by atoms with Crippen molar-refractivity contribution in [3.8, 4) is 5.75 Å². The van der Waals surface area contributed by atoms with Gasteiger partial charge in [0.15, 0.2) is 6.61 Å². The molecule has 1 aliphatic heterocycles. The number of hydrogen-bond acceptors (Lipinski definition) is 4. The summed E-state index contributed by atoms with van der Waals surface area (Å²) in [6.07, 6.45) is 5.44. The molecule has 2 aromatic carbocycles. The Bertz CT molecular complexity index is 1200. The summed E-state index contributed by atoms with van der Waals surface area (Å²) >= 11 is 18.0. The van der Waals surface area contributed by atoms with E-state index in [1.165, 1.54) is 17.0 Å². The van der Waals surface area contributed by atoms with Crippen LogP contribution in [0.25, 0.3) is 0 Å². The maximum absolute atomic E-state index is 13.2. The summed E-state index contributed by atoms with van der Waals surface area (Å²) in [6, 6.07) is 9.65. The topological polar surface area (TPSA) is 63.7 Å². The Kier molecular flexibility index (Phi) is 4.88. The van der Waals surface area contributed by atoms with E-state index in [1.807, 2.05) is 0 Å². The minimum atomic E-state index is -0.349. The van der Waals surface area contributed by atoms with Gasteiger partial charge in [-0.25, -0.2) is 0 Å². The molecule has 33 heavy (non-hydrogen) atoms. The summed E-state index contributed by atoms with van der Waals surface area (Å²) in [5.41, 5.74) is 0.749. The van der Waals surface area contributed by atoms with Gasteiger partial charge in [0, 0.05) is 5.56 Å². The van der Waals surface area contributed by atoms with Gasteiger partial charge in [-0.1, -0.05) is 47.0 Å². The maximum Gasteiger partial charge on any atom is 0.238 e. The monoisotopic (exact) mass is 501 g/mol. The lowest BCUT2D eigenvalue weighted by atomic mass is 9.63. The lowest BCUT2D eigenvalue weighted by Crippen LogP contribution is -2.40. The predicted molar refractivity (Wildman–Crippen MR) is 125 cm³/mol. The summed E-state index contributed by atoms with van der Waals surface area (Å²) < 4.78 is 5.59. The van der Waals surface area contributed by atoms with Crippen LogP contribution in [0.5, 0.6) is 5.75 Å². The average Bonchev–Trinajstić information content (AvgIpc) is 3.60. The second-order valence-electron chi connectivity index (χ2n) is 9.10. The third-order valence-corrected chi connectivity index (χ3v) is 8.76. The van der Waals surface area contributed by atoms with Crippen LogP contribution >= 0.6 is 34.8 Å². The third-order valence-electron chi connectivity index (χ3n) is 7.46. The highest BCUT2D eigenvalue weighted by molar-refractivity contribution is 6.49. The standard InChI is InChI=1S/C25H18Cl3NO4/c26-18-8-7-15(22(27)23(18)28)19(30)10-33-12-3-1-11(2-4-12)29-24(31)20-13-5-6-14(17-9-16(13)17)21(20)25(29)32/h1-8,13-14,16-17,20-21H,9-10H2/t13-,14?,16?,17-,20-,21+/m0/s1. The number of amides is 2. The third kappa shape index (κ3) is 3.17. The minimum absolute atomic E-state index is 0.0849. The summed E-state index contributed by atoms with van der Waals surface area (Å²) in [5, 5.41) is 0.470. The quantitative estimate of drug-likeness (QED) is 0.235. The van der Waals surface area contributed by atoms with Gasteiger partial charge in [0.1, 0.15) is 5.75 Å². The highest BCUT2D eigenvalue weighted by atomic mass is 35.5. The largest absolute Gasteiger partial charge is 0.485 e. The molecule has 1 saturated heterocycles. The highest BCUT2D eigenvalue weighted by Crippen LogP contribution is 2.65. The van der Waals surface area contributed by atoms with Crippen LogP contribution in [0.2, 0.25) is 15.1 Å². The first-order valence-corrected chi connectivity index (χ1v) is 12.0. The molecule has 5 nitrogen and oxygen atoms in total. The van der Waals surface area contributed by atoms with Crippen molar-refractivity contribution in [2.75, 3.05) is 11.5 Å². The highest BCUT2D eigenvalue weighted by Gasteiger charge is 2.67. The zero-order chi connectivity index (χ0) is 23.0. The van der Waals surface area contributed by atoms with Gasteiger partial charge in [0.05, 0.1) is 32.6 Å². The lowest BCUT2D eigenvalue weighted by molar-refractivity contribution is -0.124. The zero-order valence-corrected chi connectivity index (χ0v) is 19.5. The van der Waals surface area contributed by atoms with E-state index >= 15 is 0 Å². The number of nitrogens with zero attached hydrogens (tertiary/aromatic N) is 1. The van der Waals surface area contributed by atoms with Crippen molar-refractivity contribution in [2.45, 2.75) is 6.42 Å². The Morgan fingerprint density at radius 1 is 0.879 bits per heavy atom. The fourth-order valence-corrected chi connectivity index (χ4v) is 6.51. The van der Waals surface area contributed by atoms with E-state index < -0.39 is 0 Å².